The molecule has 3 heteroatoms. The molecule has 1 fully saturated rings. The Hall–Kier alpha value is -1.77. The van der Waals surface area contributed by atoms with Crippen LogP contribution in [0.25, 0.3) is 5.69 Å². The van der Waals surface area contributed by atoms with Gasteiger partial charge >= 0.3 is 0 Å². The number of ether oxygens (including phenoxy) is 1. The van der Waals surface area contributed by atoms with Crippen LogP contribution in [-0.2, 0) is 12.8 Å². The molecule has 22 heavy (non-hydrogen) atoms. The highest BCUT2D eigenvalue weighted by molar-refractivity contribution is 5.43. The van der Waals surface area contributed by atoms with Crippen LogP contribution in [0.3, 0.4) is 0 Å². The van der Waals surface area contributed by atoms with Crippen molar-refractivity contribution < 1.29 is 4.74 Å². The van der Waals surface area contributed by atoms with Gasteiger partial charge in [-0.2, -0.15) is 5.10 Å². The topological polar surface area (TPSA) is 27.1 Å². The second-order valence-electron chi connectivity index (χ2n) is 6.61. The Morgan fingerprint density at radius 3 is 2.50 bits per heavy atom. The fraction of sp³-hybridized carbons (Fsp3) is 0.526. The first-order chi connectivity index (χ1) is 10.9. The van der Waals surface area contributed by atoms with Gasteiger partial charge in [0.1, 0.15) is 5.75 Å². The quantitative estimate of drug-likeness (QED) is 0.838. The number of benzene rings is 1. The lowest BCUT2D eigenvalue weighted by atomic mass is 9.85. The molecule has 2 aliphatic carbocycles. The average Bonchev–Trinajstić information content (AvgIpc) is 3.16. The number of methoxy groups -OCH3 is 1. The van der Waals surface area contributed by atoms with Gasteiger partial charge in [0.15, 0.2) is 0 Å². The molecule has 0 spiro atoms. The lowest BCUT2D eigenvalue weighted by Crippen LogP contribution is -2.12. The van der Waals surface area contributed by atoms with E-state index in [2.05, 4.69) is 16.8 Å². The minimum atomic E-state index is 0.699. The van der Waals surface area contributed by atoms with Crippen molar-refractivity contribution in [3.8, 4) is 11.4 Å². The lowest BCUT2D eigenvalue weighted by molar-refractivity contribution is 0.414. The standard InChI is InChI=1S/C19H24N2O/c1-22-16-12-10-15(11-13-16)21-19(14-6-3-2-4-7-14)17-8-5-9-18(17)20-21/h10-14H,2-9H2,1H3. The summed E-state index contributed by atoms with van der Waals surface area (Å²) in [5.41, 5.74) is 5.59. The molecular weight excluding hydrogens is 272 g/mol. The van der Waals surface area contributed by atoms with Crippen LogP contribution < -0.4 is 4.74 Å². The van der Waals surface area contributed by atoms with E-state index in [0.29, 0.717) is 5.92 Å². The van der Waals surface area contributed by atoms with Crippen molar-refractivity contribution in [2.75, 3.05) is 7.11 Å². The molecule has 116 valence electrons. The molecule has 3 nitrogen and oxygen atoms in total. The Morgan fingerprint density at radius 2 is 1.77 bits per heavy atom. The Kier molecular flexibility index (Phi) is 3.65. The second kappa shape index (κ2) is 5.79. The van der Waals surface area contributed by atoms with E-state index in [4.69, 9.17) is 9.84 Å². The molecule has 0 aliphatic heterocycles. The molecule has 1 aromatic heterocycles. The van der Waals surface area contributed by atoms with Crippen LogP contribution in [0.1, 0.15) is 61.4 Å². The molecule has 1 saturated carbocycles. The maximum atomic E-state index is 5.28. The van der Waals surface area contributed by atoms with Gasteiger partial charge in [-0.25, -0.2) is 4.68 Å². The van der Waals surface area contributed by atoms with Gasteiger partial charge in [0.25, 0.3) is 0 Å². The van der Waals surface area contributed by atoms with Crippen LogP contribution in [0.2, 0.25) is 0 Å². The van der Waals surface area contributed by atoms with Gasteiger partial charge in [-0.05, 0) is 61.9 Å². The summed E-state index contributed by atoms with van der Waals surface area (Å²) in [5, 5.41) is 4.97. The summed E-state index contributed by atoms with van der Waals surface area (Å²) in [6.07, 6.45) is 10.4. The van der Waals surface area contributed by atoms with Crippen molar-refractivity contribution in [1.82, 2.24) is 9.78 Å². The molecule has 1 aromatic carbocycles. The van der Waals surface area contributed by atoms with E-state index >= 15 is 0 Å². The van der Waals surface area contributed by atoms with Crippen molar-refractivity contribution >= 4 is 0 Å². The van der Waals surface area contributed by atoms with E-state index in [0.717, 1.165) is 12.2 Å². The van der Waals surface area contributed by atoms with Crippen molar-refractivity contribution in [3.05, 3.63) is 41.2 Å². The zero-order valence-corrected chi connectivity index (χ0v) is 13.3. The van der Waals surface area contributed by atoms with E-state index in [1.54, 1.807) is 12.7 Å². The predicted molar refractivity (Wildman–Crippen MR) is 88.0 cm³/mol. The predicted octanol–water partition coefficient (Wildman–Crippen LogP) is 4.42. The SMILES string of the molecule is COc1ccc(-n2nc3c(c2C2CCCCC2)CCC3)cc1. The summed E-state index contributed by atoms with van der Waals surface area (Å²) in [6.45, 7) is 0. The molecule has 0 radical (unpaired) electrons. The Balaban J connectivity index is 1.77. The first-order valence-corrected chi connectivity index (χ1v) is 8.62. The largest absolute Gasteiger partial charge is 0.497 e. The van der Waals surface area contributed by atoms with Crippen LogP contribution in [0, 0.1) is 0 Å². The maximum absolute atomic E-state index is 5.28. The summed E-state index contributed by atoms with van der Waals surface area (Å²) in [5.74, 6) is 1.60. The fourth-order valence-electron chi connectivity index (χ4n) is 4.13. The van der Waals surface area contributed by atoms with E-state index < -0.39 is 0 Å². The monoisotopic (exact) mass is 296 g/mol. The molecule has 0 N–H and O–H groups in total. The van der Waals surface area contributed by atoms with Crippen LogP contribution in [0.4, 0.5) is 0 Å². The van der Waals surface area contributed by atoms with Gasteiger partial charge in [0, 0.05) is 5.92 Å². The molecule has 2 aromatic rings. The van der Waals surface area contributed by atoms with Crippen LogP contribution in [0.15, 0.2) is 24.3 Å². The number of aryl methyl sites for hydroxylation is 1. The Labute approximate surface area is 132 Å². The van der Waals surface area contributed by atoms with Gasteiger partial charge in [0.05, 0.1) is 24.2 Å². The highest BCUT2D eigenvalue weighted by Gasteiger charge is 2.28. The molecule has 4 rings (SSSR count). The van der Waals surface area contributed by atoms with Crippen LogP contribution in [-0.4, -0.2) is 16.9 Å². The third kappa shape index (κ3) is 2.33. The molecule has 1 heterocycles. The number of rotatable bonds is 3. The number of hydrogen-bond acceptors (Lipinski definition) is 2. The van der Waals surface area contributed by atoms with Crippen molar-refractivity contribution in [3.63, 3.8) is 0 Å². The zero-order valence-electron chi connectivity index (χ0n) is 13.3. The number of hydrogen-bond donors (Lipinski definition) is 0. The van der Waals surface area contributed by atoms with Gasteiger partial charge in [-0.3, -0.25) is 0 Å². The van der Waals surface area contributed by atoms with Gasteiger partial charge in [-0.1, -0.05) is 19.3 Å². The molecule has 2 aliphatic rings. The maximum Gasteiger partial charge on any atom is 0.119 e. The zero-order chi connectivity index (χ0) is 14.9. The summed E-state index contributed by atoms with van der Waals surface area (Å²) >= 11 is 0. The summed E-state index contributed by atoms with van der Waals surface area (Å²) in [6, 6.07) is 8.33. The van der Waals surface area contributed by atoms with Gasteiger partial charge < -0.3 is 4.74 Å². The minimum absolute atomic E-state index is 0.699. The lowest BCUT2D eigenvalue weighted by Gasteiger charge is -2.24. The molecule has 0 amide bonds. The second-order valence-corrected chi connectivity index (χ2v) is 6.61. The average molecular weight is 296 g/mol. The first kappa shape index (κ1) is 13.9. The molecule has 0 bridgehead atoms. The van der Waals surface area contributed by atoms with Crippen molar-refractivity contribution in [1.29, 1.82) is 0 Å². The first-order valence-electron chi connectivity index (χ1n) is 8.62. The van der Waals surface area contributed by atoms with E-state index in [-0.39, 0.29) is 0 Å². The van der Waals surface area contributed by atoms with E-state index in [1.165, 1.54) is 62.0 Å². The third-order valence-corrected chi connectivity index (χ3v) is 5.26. The Morgan fingerprint density at radius 1 is 1.00 bits per heavy atom. The van der Waals surface area contributed by atoms with Gasteiger partial charge in [0.2, 0.25) is 0 Å². The molecule has 0 saturated heterocycles. The number of aromatic nitrogens is 2. The number of fused-ring (bicyclic) bond motifs is 1. The highest BCUT2D eigenvalue weighted by atomic mass is 16.5. The molecular formula is C19H24N2O. The molecule has 0 atom stereocenters. The van der Waals surface area contributed by atoms with Crippen molar-refractivity contribution in [2.24, 2.45) is 0 Å². The summed E-state index contributed by atoms with van der Waals surface area (Å²) < 4.78 is 7.52. The minimum Gasteiger partial charge on any atom is -0.497 e. The smallest absolute Gasteiger partial charge is 0.119 e. The number of nitrogens with zero attached hydrogens (tertiary/aromatic N) is 2. The van der Waals surface area contributed by atoms with E-state index in [1.807, 2.05) is 12.1 Å². The van der Waals surface area contributed by atoms with Gasteiger partial charge in [-0.15, -0.1) is 0 Å². The van der Waals surface area contributed by atoms with Crippen molar-refractivity contribution in [2.45, 2.75) is 57.3 Å². The molecule has 0 unspecified atom stereocenters. The van der Waals surface area contributed by atoms with Crippen LogP contribution in [0.5, 0.6) is 5.75 Å². The highest BCUT2D eigenvalue weighted by Crippen LogP contribution is 2.39. The van der Waals surface area contributed by atoms with Crippen LogP contribution >= 0.6 is 0 Å². The summed E-state index contributed by atoms with van der Waals surface area (Å²) in [4.78, 5) is 0. The summed E-state index contributed by atoms with van der Waals surface area (Å²) in [7, 11) is 1.71. The third-order valence-electron chi connectivity index (χ3n) is 5.26. The fourth-order valence-corrected chi connectivity index (χ4v) is 4.13. The van der Waals surface area contributed by atoms with E-state index in [9.17, 15) is 0 Å². The Bertz CT molecular complexity index is 651. The normalized spacial score (nSPS) is 18.4.